The number of fused-ring (bicyclic) bond motifs is 4. The fourth-order valence-corrected chi connectivity index (χ4v) is 6.74. The Balaban J connectivity index is 1.22. The van der Waals surface area contributed by atoms with Gasteiger partial charge in [0, 0.05) is 31.7 Å². The number of carbonyl (C=O) groups is 4. The van der Waals surface area contributed by atoms with Crippen molar-refractivity contribution in [1.29, 1.82) is 0 Å². The van der Waals surface area contributed by atoms with E-state index in [1.165, 1.54) is 0 Å². The normalized spacial score (nSPS) is 22.6. The van der Waals surface area contributed by atoms with Gasteiger partial charge in [0.25, 0.3) is 5.91 Å². The molecule has 3 heterocycles. The molecule has 2 saturated heterocycles. The smallest absolute Gasteiger partial charge is 0.253 e. The second-order valence-electron chi connectivity index (χ2n) is 12.4. The van der Waals surface area contributed by atoms with Gasteiger partial charge in [-0.05, 0) is 73.3 Å². The lowest BCUT2D eigenvalue weighted by molar-refractivity contribution is -0.138. The van der Waals surface area contributed by atoms with Crippen LogP contribution in [0.5, 0.6) is 5.75 Å². The van der Waals surface area contributed by atoms with E-state index < -0.39 is 6.04 Å². The lowest BCUT2D eigenvalue weighted by Crippen LogP contribution is -2.53. The van der Waals surface area contributed by atoms with Crippen molar-refractivity contribution in [3.8, 4) is 5.75 Å². The molecule has 10 heteroatoms. The van der Waals surface area contributed by atoms with Gasteiger partial charge in [0.1, 0.15) is 18.4 Å². The molecule has 236 valence electrons. The molecule has 10 nitrogen and oxygen atoms in total. The van der Waals surface area contributed by atoms with E-state index in [-0.39, 0.29) is 61.7 Å². The van der Waals surface area contributed by atoms with E-state index in [0.717, 1.165) is 42.3 Å². The zero-order valence-electron chi connectivity index (χ0n) is 25.7. The summed E-state index contributed by atoms with van der Waals surface area (Å²) >= 11 is 0. The summed E-state index contributed by atoms with van der Waals surface area (Å²) in [6, 6.07) is 19.4. The van der Waals surface area contributed by atoms with Crippen molar-refractivity contribution >= 4 is 34.4 Å². The highest BCUT2D eigenvalue weighted by Crippen LogP contribution is 2.24. The Morgan fingerprint density at radius 3 is 2.53 bits per heavy atom. The largest absolute Gasteiger partial charge is 0.491 e. The highest BCUT2D eigenvalue weighted by Gasteiger charge is 2.40. The predicted octanol–water partition coefficient (Wildman–Crippen LogP) is 2.60. The van der Waals surface area contributed by atoms with E-state index in [4.69, 9.17) is 4.74 Å². The summed E-state index contributed by atoms with van der Waals surface area (Å²) < 4.78 is 6.13. The van der Waals surface area contributed by atoms with Crippen molar-refractivity contribution in [1.82, 2.24) is 25.3 Å². The second kappa shape index (κ2) is 13.7. The average molecular weight is 612 g/mol. The van der Waals surface area contributed by atoms with Gasteiger partial charge in [-0.2, -0.15) is 0 Å². The lowest BCUT2D eigenvalue weighted by Gasteiger charge is -2.30. The van der Waals surface area contributed by atoms with E-state index in [0.29, 0.717) is 30.8 Å². The molecule has 0 aliphatic carbocycles. The van der Waals surface area contributed by atoms with Crippen LogP contribution in [-0.2, 0) is 20.8 Å². The first-order valence-electron chi connectivity index (χ1n) is 15.9. The van der Waals surface area contributed by atoms with E-state index in [9.17, 15) is 19.2 Å². The van der Waals surface area contributed by atoms with Crippen LogP contribution in [0.2, 0.25) is 0 Å². The summed E-state index contributed by atoms with van der Waals surface area (Å²) in [5.74, 6) is -0.190. The highest BCUT2D eigenvalue weighted by atomic mass is 16.5. The predicted molar refractivity (Wildman–Crippen MR) is 171 cm³/mol. The molecular formula is C35H41N5O5. The topological polar surface area (TPSA) is 111 Å². The quantitative estimate of drug-likeness (QED) is 0.444. The minimum Gasteiger partial charge on any atom is -0.491 e. The fourth-order valence-electron chi connectivity index (χ4n) is 6.74. The molecule has 0 radical (unpaired) electrons. The maximum Gasteiger partial charge on any atom is 0.253 e. The molecule has 2 fully saturated rings. The van der Waals surface area contributed by atoms with Crippen LogP contribution >= 0.6 is 0 Å². The maximum atomic E-state index is 14.2. The standard InChI is InChI=1S/C35H41N5O5/c1-38-17-14-31(37-32(41)19-25-10-6-9-24-8-2-3-13-30(24)25)35(44)40-21-27(36-33(42)22-39-15-4-5-16-39)20-28(40)23-45-29-12-7-11-26(18-29)34(38)43/h2-3,6-13,18,27-28,31H,4-5,14-17,19-23H2,1H3,(H,36,42)(H,37,41)/t27-,28-,31-/m0/s1. The Labute approximate surface area is 263 Å². The van der Waals surface area contributed by atoms with Crippen molar-refractivity contribution in [2.24, 2.45) is 0 Å². The minimum absolute atomic E-state index is 0.0435. The third-order valence-corrected chi connectivity index (χ3v) is 9.12. The first kappa shape index (κ1) is 30.6. The second-order valence-corrected chi connectivity index (χ2v) is 12.4. The molecule has 3 aromatic rings. The number of hydrogen-bond donors (Lipinski definition) is 2. The number of nitrogens with zero attached hydrogens (tertiary/aromatic N) is 3. The fraction of sp³-hybridized carbons (Fsp3) is 0.429. The van der Waals surface area contributed by atoms with Crippen LogP contribution in [0.4, 0.5) is 0 Å². The summed E-state index contributed by atoms with van der Waals surface area (Å²) in [4.78, 5) is 59.3. The van der Waals surface area contributed by atoms with E-state index in [1.54, 1.807) is 41.1 Å². The summed E-state index contributed by atoms with van der Waals surface area (Å²) in [6.07, 6.45) is 3.11. The average Bonchev–Trinajstić information content (AvgIpc) is 3.70. The molecule has 4 amide bonds. The number of ether oxygens (including phenoxy) is 1. The molecule has 2 bridgehead atoms. The Morgan fingerprint density at radius 1 is 0.911 bits per heavy atom. The number of nitrogens with one attached hydrogen (secondary N) is 2. The van der Waals surface area contributed by atoms with Gasteiger partial charge in [-0.1, -0.05) is 48.5 Å². The molecule has 3 aromatic carbocycles. The number of hydrogen-bond acceptors (Lipinski definition) is 6. The van der Waals surface area contributed by atoms with Crippen molar-refractivity contribution < 1.29 is 23.9 Å². The molecule has 0 saturated carbocycles. The third kappa shape index (κ3) is 7.28. The maximum absolute atomic E-state index is 14.2. The zero-order chi connectivity index (χ0) is 31.3. The molecule has 45 heavy (non-hydrogen) atoms. The van der Waals surface area contributed by atoms with Crippen LogP contribution in [0.3, 0.4) is 0 Å². The molecule has 0 aromatic heterocycles. The number of carbonyl (C=O) groups excluding carboxylic acids is 4. The van der Waals surface area contributed by atoms with Crippen LogP contribution in [0.1, 0.15) is 41.6 Å². The zero-order valence-corrected chi connectivity index (χ0v) is 25.7. The molecular weight excluding hydrogens is 570 g/mol. The van der Waals surface area contributed by atoms with Crippen LogP contribution in [0.15, 0.2) is 66.7 Å². The molecule has 0 unspecified atom stereocenters. The first-order chi connectivity index (χ1) is 21.8. The monoisotopic (exact) mass is 611 g/mol. The van der Waals surface area contributed by atoms with Gasteiger partial charge in [-0.25, -0.2) is 0 Å². The van der Waals surface area contributed by atoms with Crippen molar-refractivity contribution in [3.63, 3.8) is 0 Å². The van der Waals surface area contributed by atoms with Crippen LogP contribution in [-0.4, -0.2) is 103 Å². The Kier molecular flexibility index (Phi) is 9.30. The van der Waals surface area contributed by atoms with E-state index >= 15 is 0 Å². The van der Waals surface area contributed by atoms with Crippen molar-refractivity contribution in [2.45, 2.75) is 50.2 Å². The molecule has 0 spiro atoms. The highest BCUT2D eigenvalue weighted by molar-refractivity contribution is 5.95. The summed E-state index contributed by atoms with van der Waals surface area (Å²) in [7, 11) is 1.69. The van der Waals surface area contributed by atoms with Gasteiger partial charge < -0.3 is 25.2 Å². The van der Waals surface area contributed by atoms with Crippen molar-refractivity contribution in [3.05, 3.63) is 77.9 Å². The van der Waals surface area contributed by atoms with Crippen LogP contribution in [0, 0.1) is 0 Å². The molecule has 6 rings (SSSR count). The number of benzene rings is 3. The first-order valence-corrected chi connectivity index (χ1v) is 15.9. The summed E-state index contributed by atoms with van der Waals surface area (Å²) in [5.41, 5.74) is 1.37. The minimum atomic E-state index is -0.854. The van der Waals surface area contributed by atoms with E-state index in [1.807, 2.05) is 42.5 Å². The molecule has 3 aliphatic rings. The Morgan fingerprint density at radius 2 is 1.69 bits per heavy atom. The number of likely N-dealkylation sites (tertiary alicyclic amines) is 1. The molecule has 3 aliphatic heterocycles. The van der Waals surface area contributed by atoms with Gasteiger partial charge >= 0.3 is 0 Å². The SMILES string of the molecule is CN1CC[C@H](NC(=O)Cc2cccc3ccccc23)C(=O)N2C[C@@H](NC(=O)CN3CCCC3)C[C@H]2COc2cccc(c2)C1=O. The Bertz CT molecular complexity index is 1570. The van der Waals surface area contributed by atoms with Gasteiger partial charge in [0.2, 0.25) is 17.7 Å². The summed E-state index contributed by atoms with van der Waals surface area (Å²) in [6.45, 7) is 3.00. The van der Waals surface area contributed by atoms with Crippen molar-refractivity contribution in [2.75, 3.05) is 46.4 Å². The summed E-state index contributed by atoms with van der Waals surface area (Å²) in [5, 5.41) is 8.19. The van der Waals surface area contributed by atoms with Gasteiger partial charge in [-0.15, -0.1) is 0 Å². The Hall–Kier alpha value is -4.44. The third-order valence-electron chi connectivity index (χ3n) is 9.12. The lowest BCUT2D eigenvalue weighted by atomic mass is 10.0. The molecule has 2 N–H and O–H groups in total. The van der Waals surface area contributed by atoms with E-state index in [2.05, 4.69) is 15.5 Å². The molecule has 3 atom stereocenters. The van der Waals surface area contributed by atoms with Crippen LogP contribution in [0.25, 0.3) is 10.8 Å². The van der Waals surface area contributed by atoms with Crippen LogP contribution < -0.4 is 15.4 Å². The van der Waals surface area contributed by atoms with Gasteiger partial charge in [0.15, 0.2) is 0 Å². The number of amides is 4. The van der Waals surface area contributed by atoms with Gasteiger partial charge in [0.05, 0.1) is 19.0 Å². The van der Waals surface area contributed by atoms with Gasteiger partial charge in [-0.3, -0.25) is 24.1 Å². The number of rotatable bonds is 6.